The van der Waals surface area contributed by atoms with Crippen molar-refractivity contribution in [1.29, 1.82) is 0 Å². The summed E-state index contributed by atoms with van der Waals surface area (Å²) in [6, 6.07) is 20.0. The SMILES string of the molecule is CC(C)(C)n1ncc2c(=O)n3c(nc21)SCC3CC(=O)N(CCc1ccccc1)Cc1ccccc1. The van der Waals surface area contributed by atoms with Crippen LogP contribution in [0.3, 0.4) is 0 Å². The van der Waals surface area contributed by atoms with Gasteiger partial charge in [0.05, 0.1) is 17.8 Å². The van der Waals surface area contributed by atoms with Crippen LogP contribution < -0.4 is 5.56 Å². The van der Waals surface area contributed by atoms with Gasteiger partial charge in [-0.05, 0) is 38.3 Å². The number of nitrogens with zero attached hydrogens (tertiary/aromatic N) is 5. The maximum Gasteiger partial charge on any atom is 0.265 e. The summed E-state index contributed by atoms with van der Waals surface area (Å²) in [7, 11) is 0. The van der Waals surface area contributed by atoms with Gasteiger partial charge < -0.3 is 4.90 Å². The molecular weight excluding hydrogens is 470 g/mol. The molecule has 3 heterocycles. The normalized spacial score (nSPS) is 15.2. The molecule has 0 aliphatic carbocycles. The summed E-state index contributed by atoms with van der Waals surface area (Å²) in [6.07, 6.45) is 2.65. The van der Waals surface area contributed by atoms with Crippen molar-refractivity contribution in [3.8, 4) is 0 Å². The number of carbonyl (C=O) groups is 1. The predicted molar refractivity (Wildman–Crippen MR) is 143 cm³/mol. The van der Waals surface area contributed by atoms with Crippen LogP contribution in [-0.4, -0.2) is 42.4 Å². The molecule has 186 valence electrons. The molecule has 4 aromatic rings. The average molecular weight is 502 g/mol. The molecule has 0 N–H and O–H groups in total. The van der Waals surface area contributed by atoms with E-state index in [0.717, 1.165) is 12.0 Å². The van der Waals surface area contributed by atoms with Crippen molar-refractivity contribution in [3.05, 3.63) is 88.3 Å². The second kappa shape index (κ2) is 9.93. The minimum atomic E-state index is -0.282. The summed E-state index contributed by atoms with van der Waals surface area (Å²) in [5, 5.41) is 5.60. The Bertz CT molecular complexity index is 1420. The summed E-state index contributed by atoms with van der Waals surface area (Å²) in [5.41, 5.74) is 2.49. The molecule has 1 amide bonds. The van der Waals surface area contributed by atoms with Gasteiger partial charge >= 0.3 is 0 Å². The van der Waals surface area contributed by atoms with Crippen LogP contribution in [0.4, 0.5) is 0 Å². The van der Waals surface area contributed by atoms with E-state index in [1.54, 1.807) is 15.4 Å². The Labute approximate surface area is 215 Å². The van der Waals surface area contributed by atoms with E-state index in [2.05, 4.69) is 17.2 Å². The zero-order chi connectivity index (χ0) is 25.3. The van der Waals surface area contributed by atoms with Gasteiger partial charge in [-0.15, -0.1) is 0 Å². The highest BCUT2D eigenvalue weighted by molar-refractivity contribution is 7.99. The van der Waals surface area contributed by atoms with E-state index in [4.69, 9.17) is 4.98 Å². The van der Waals surface area contributed by atoms with Gasteiger partial charge in [-0.3, -0.25) is 14.2 Å². The van der Waals surface area contributed by atoms with E-state index < -0.39 is 0 Å². The smallest absolute Gasteiger partial charge is 0.265 e. The van der Waals surface area contributed by atoms with Crippen LogP contribution in [0.5, 0.6) is 0 Å². The van der Waals surface area contributed by atoms with E-state index in [0.29, 0.717) is 35.0 Å². The van der Waals surface area contributed by atoms with Gasteiger partial charge in [0.15, 0.2) is 10.8 Å². The Morgan fingerprint density at radius 3 is 2.39 bits per heavy atom. The largest absolute Gasteiger partial charge is 0.338 e. The average Bonchev–Trinajstić information content (AvgIpc) is 3.48. The second-order valence-electron chi connectivity index (χ2n) is 10.2. The van der Waals surface area contributed by atoms with E-state index in [9.17, 15) is 9.59 Å². The van der Waals surface area contributed by atoms with Gasteiger partial charge in [0.1, 0.15) is 5.39 Å². The fourth-order valence-electron chi connectivity index (χ4n) is 4.61. The Morgan fingerprint density at radius 2 is 1.72 bits per heavy atom. The van der Waals surface area contributed by atoms with Crippen LogP contribution in [0, 0.1) is 0 Å². The summed E-state index contributed by atoms with van der Waals surface area (Å²) < 4.78 is 3.51. The molecule has 0 saturated heterocycles. The quantitative estimate of drug-likeness (QED) is 0.345. The van der Waals surface area contributed by atoms with Gasteiger partial charge in [0.2, 0.25) is 5.91 Å². The van der Waals surface area contributed by atoms with E-state index in [1.807, 2.05) is 74.2 Å². The summed E-state index contributed by atoms with van der Waals surface area (Å²) in [5.74, 6) is 0.701. The van der Waals surface area contributed by atoms with Crippen LogP contribution in [-0.2, 0) is 23.3 Å². The molecule has 1 unspecified atom stereocenters. The minimum Gasteiger partial charge on any atom is -0.338 e. The molecule has 8 heteroatoms. The van der Waals surface area contributed by atoms with Crippen LogP contribution in [0.25, 0.3) is 11.0 Å². The molecule has 2 aromatic carbocycles. The molecule has 5 rings (SSSR count). The summed E-state index contributed by atoms with van der Waals surface area (Å²) >= 11 is 1.54. The monoisotopic (exact) mass is 501 g/mol. The molecule has 0 bridgehead atoms. The first-order valence-corrected chi connectivity index (χ1v) is 13.3. The highest BCUT2D eigenvalue weighted by Gasteiger charge is 2.31. The fourth-order valence-corrected chi connectivity index (χ4v) is 5.74. The highest BCUT2D eigenvalue weighted by Crippen LogP contribution is 2.34. The van der Waals surface area contributed by atoms with Crippen molar-refractivity contribution in [1.82, 2.24) is 24.2 Å². The first-order valence-electron chi connectivity index (χ1n) is 12.3. The van der Waals surface area contributed by atoms with Crippen LogP contribution in [0.2, 0.25) is 0 Å². The number of rotatable bonds is 7. The molecule has 1 aliphatic rings. The fraction of sp³-hybridized carbons (Fsp3) is 0.357. The third-order valence-corrected chi connectivity index (χ3v) is 7.60. The lowest BCUT2D eigenvalue weighted by molar-refractivity contribution is -0.132. The van der Waals surface area contributed by atoms with Crippen molar-refractivity contribution in [2.75, 3.05) is 12.3 Å². The Kier molecular flexibility index (Phi) is 6.71. The molecule has 0 spiro atoms. The molecule has 36 heavy (non-hydrogen) atoms. The van der Waals surface area contributed by atoms with Gasteiger partial charge in [-0.25, -0.2) is 9.67 Å². The van der Waals surface area contributed by atoms with E-state index in [1.165, 1.54) is 17.3 Å². The number of thioether (sulfide) groups is 1. The molecule has 1 aliphatic heterocycles. The zero-order valence-corrected chi connectivity index (χ0v) is 21.7. The number of carbonyl (C=O) groups excluding carboxylic acids is 1. The molecule has 0 fully saturated rings. The third kappa shape index (κ3) is 4.95. The van der Waals surface area contributed by atoms with Crippen molar-refractivity contribution in [2.24, 2.45) is 0 Å². The zero-order valence-electron chi connectivity index (χ0n) is 20.9. The predicted octanol–water partition coefficient (Wildman–Crippen LogP) is 4.66. The molecular formula is C28H31N5O2S. The molecule has 0 radical (unpaired) electrons. The first-order chi connectivity index (χ1) is 17.3. The van der Waals surface area contributed by atoms with Gasteiger partial charge in [-0.1, -0.05) is 72.4 Å². The van der Waals surface area contributed by atoms with Crippen molar-refractivity contribution < 1.29 is 4.79 Å². The van der Waals surface area contributed by atoms with Gasteiger partial charge in [0, 0.05) is 25.3 Å². The lowest BCUT2D eigenvalue weighted by Gasteiger charge is -2.25. The van der Waals surface area contributed by atoms with Crippen LogP contribution in [0.15, 0.2) is 76.8 Å². The Balaban J connectivity index is 1.39. The third-order valence-electron chi connectivity index (χ3n) is 6.50. The number of amides is 1. The van der Waals surface area contributed by atoms with Crippen LogP contribution >= 0.6 is 11.8 Å². The summed E-state index contributed by atoms with van der Waals surface area (Å²) in [4.78, 5) is 33.8. The van der Waals surface area contributed by atoms with Crippen molar-refractivity contribution >= 4 is 28.7 Å². The minimum absolute atomic E-state index is 0.0469. The maximum atomic E-state index is 13.6. The molecule has 7 nitrogen and oxygen atoms in total. The highest BCUT2D eigenvalue weighted by atomic mass is 32.2. The number of aromatic nitrogens is 4. The molecule has 1 atom stereocenters. The van der Waals surface area contributed by atoms with Gasteiger partial charge in [-0.2, -0.15) is 5.10 Å². The number of hydrogen-bond donors (Lipinski definition) is 0. The molecule has 0 saturated carbocycles. The van der Waals surface area contributed by atoms with Crippen molar-refractivity contribution in [3.63, 3.8) is 0 Å². The summed E-state index contributed by atoms with van der Waals surface area (Å²) in [6.45, 7) is 7.28. The lowest BCUT2D eigenvalue weighted by Crippen LogP contribution is -2.35. The number of hydrogen-bond acceptors (Lipinski definition) is 5. The number of benzene rings is 2. The second-order valence-corrected chi connectivity index (χ2v) is 11.2. The standard InChI is InChI=1S/C28H31N5O2S/c1-28(2,3)33-25-23(17-29-33)26(35)32-22(19-36-27(32)30-25)16-24(34)31(18-21-12-8-5-9-13-21)15-14-20-10-6-4-7-11-20/h4-13,17,22H,14-16,18-19H2,1-3H3. The maximum absolute atomic E-state index is 13.6. The Morgan fingerprint density at radius 1 is 1.06 bits per heavy atom. The Hall–Kier alpha value is -3.39. The number of fused-ring (bicyclic) bond motifs is 2. The topological polar surface area (TPSA) is 73.0 Å². The van der Waals surface area contributed by atoms with E-state index >= 15 is 0 Å². The first kappa shape index (κ1) is 24.3. The van der Waals surface area contributed by atoms with Crippen molar-refractivity contribution in [2.45, 2.75) is 56.9 Å². The molecule has 2 aromatic heterocycles. The van der Waals surface area contributed by atoms with Gasteiger partial charge in [0.25, 0.3) is 5.56 Å². The van der Waals surface area contributed by atoms with E-state index in [-0.39, 0.29) is 29.5 Å². The van der Waals surface area contributed by atoms with Crippen LogP contribution in [0.1, 0.15) is 44.4 Å². The lowest BCUT2D eigenvalue weighted by atomic mass is 10.1.